The molecule has 0 aliphatic carbocycles. The predicted molar refractivity (Wildman–Crippen MR) is 110 cm³/mol. The lowest BCUT2D eigenvalue weighted by Gasteiger charge is -2.17. The number of amides is 1. The Morgan fingerprint density at radius 1 is 1.37 bits per heavy atom. The number of carbonyl (C=O) groups excluding carboxylic acids is 1. The number of nitrogens with one attached hydrogen (secondary N) is 2. The molecule has 7 heteroatoms. The minimum atomic E-state index is -0.421. The van der Waals surface area contributed by atoms with Gasteiger partial charge in [0.25, 0.3) is 0 Å². The fraction of sp³-hybridized carbons (Fsp3) is 0.250. The van der Waals surface area contributed by atoms with Gasteiger partial charge in [0.15, 0.2) is 5.17 Å². The summed E-state index contributed by atoms with van der Waals surface area (Å²) in [6.45, 7) is 5.52. The number of aryl methyl sites for hydroxylation is 2. The largest absolute Gasteiger partial charge is 0.326 e. The van der Waals surface area contributed by atoms with E-state index >= 15 is 0 Å². The Labute approximate surface area is 162 Å². The van der Waals surface area contributed by atoms with Crippen molar-refractivity contribution >= 4 is 39.9 Å². The predicted octanol–water partition coefficient (Wildman–Crippen LogP) is 4.38. The highest BCUT2D eigenvalue weighted by atomic mass is 32.2. The number of para-hydroxylation sites is 1. The van der Waals surface area contributed by atoms with Crippen LogP contribution in [0.4, 0.5) is 15.8 Å². The van der Waals surface area contributed by atoms with Crippen LogP contribution in [0.25, 0.3) is 0 Å². The third kappa shape index (κ3) is 4.54. The molecule has 0 saturated heterocycles. The topological polar surface area (TPSA) is 65.8 Å². The summed E-state index contributed by atoms with van der Waals surface area (Å²) in [6, 6.07) is 10.7. The van der Waals surface area contributed by atoms with Gasteiger partial charge >= 0.3 is 0 Å². The van der Waals surface area contributed by atoms with E-state index < -0.39 is 5.82 Å². The zero-order chi connectivity index (χ0) is 19.4. The lowest BCUT2D eigenvalue weighted by Crippen LogP contribution is -2.26. The van der Waals surface area contributed by atoms with Gasteiger partial charge in [-0.2, -0.15) is 5.10 Å². The van der Waals surface area contributed by atoms with E-state index in [1.807, 2.05) is 19.1 Å². The second kappa shape index (κ2) is 8.35. The lowest BCUT2D eigenvalue weighted by molar-refractivity contribution is -0.114. The zero-order valence-electron chi connectivity index (χ0n) is 15.5. The number of hydrogen-bond acceptors (Lipinski definition) is 4. The highest BCUT2D eigenvalue weighted by molar-refractivity contribution is 8.14. The molecular weight excluding hydrogens is 363 g/mol. The lowest BCUT2D eigenvalue weighted by atomic mass is 10.1. The first-order chi connectivity index (χ1) is 13.0. The van der Waals surface area contributed by atoms with Crippen LogP contribution < -0.4 is 10.7 Å². The summed E-state index contributed by atoms with van der Waals surface area (Å²) in [5.74, 6) is -0.150. The van der Waals surface area contributed by atoms with E-state index in [1.165, 1.54) is 30.3 Å². The quantitative estimate of drug-likeness (QED) is 0.822. The molecule has 0 bridgehead atoms. The molecule has 1 aliphatic rings. The van der Waals surface area contributed by atoms with Crippen LogP contribution in [-0.2, 0) is 11.2 Å². The molecule has 27 heavy (non-hydrogen) atoms. The molecule has 0 atom stereocenters. The molecule has 140 valence electrons. The molecular formula is C20H21FN4OS. The summed E-state index contributed by atoms with van der Waals surface area (Å²) in [5, 5.41) is 7.56. The Balaban J connectivity index is 1.80. The van der Waals surface area contributed by atoms with Crippen molar-refractivity contribution in [1.82, 2.24) is 5.43 Å². The van der Waals surface area contributed by atoms with E-state index in [0.717, 1.165) is 17.7 Å². The molecule has 3 rings (SSSR count). The van der Waals surface area contributed by atoms with Gasteiger partial charge in [-0.25, -0.2) is 9.38 Å². The van der Waals surface area contributed by atoms with Gasteiger partial charge in [0.05, 0.1) is 11.4 Å². The number of hydrogen-bond donors (Lipinski definition) is 2. The van der Waals surface area contributed by atoms with Crippen molar-refractivity contribution in [2.24, 2.45) is 10.1 Å². The second-order valence-corrected chi connectivity index (χ2v) is 7.15. The van der Waals surface area contributed by atoms with Crippen LogP contribution in [0, 0.1) is 12.7 Å². The molecule has 1 aliphatic heterocycles. The molecule has 0 aromatic heterocycles. The van der Waals surface area contributed by atoms with Crippen LogP contribution in [0.15, 0.2) is 46.5 Å². The van der Waals surface area contributed by atoms with Crippen LogP contribution in [0.3, 0.4) is 0 Å². The Bertz CT molecular complexity index is 940. The summed E-state index contributed by atoms with van der Waals surface area (Å²) < 4.78 is 14.4. The zero-order valence-corrected chi connectivity index (χ0v) is 16.3. The van der Waals surface area contributed by atoms with E-state index in [-0.39, 0.29) is 5.91 Å². The SMILES string of the molecule is CCc1cccc(C)c1N=C1NN=C(c2ccc(NC(C)=O)cc2F)CS1. The molecule has 1 heterocycles. The number of halogens is 1. The Morgan fingerprint density at radius 2 is 2.19 bits per heavy atom. The van der Waals surface area contributed by atoms with Gasteiger partial charge in [0.2, 0.25) is 5.91 Å². The number of thioether (sulfide) groups is 1. The van der Waals surface area contributed by atoms with Gasteiger partial charge in [0.1, 0.15) is 5.82 Å². The van der Waals surface area contributed by atoms with E-state index in [2.05, 4.69) is 28.8 Å². The first kappa shape index (κ1) is 19.1. The fourth-order valence-electron chi connectivity index (χ4n) is 2.81. The van der Waals surface area contributed by atoms with Crippen LogP contribution >= 0.6 is 11.8 Å². The summed E-state index contributed by atoms with van der Waals surface area (Å²) >= 11 is 1.48. The molecule has 0 saturated carbocycles. The molecule has 0 unspecified atom stereocenters. The number of carbonyl (C=O) groups is 1. The van der Waals surface area contributed by atoms with Crippen molar-refractivity contribution in [3.63, 3.8) is 0 Å². The summed E-state index contributed by atoms with van der Waals surface area (Å²) in [4.78, 5) is 15.8. The highest BCUT2D eigenvalue weighted by Gasteiger charge is 2.17. The number of nitrogens with zero attached hydrogens (tertiary/aromatic N) is 2. The standard InChI is InChI=1S/C20H21FN4OS/c1-4-14-7-5-6-12(2)19(14)23-20-25-24-18(11-27-20)16-9-8-15(10-17(16)21)22-13(3)26/h5-10H,4,11H2,1-3H3,(H,22,26)(H,23,25). The van der Waals surface area contributed by atoms with Gasteiger partial charge in [0, 0.05) is 23.9 Å². The molecule has 2 aromatic carbocycles. The summed E-state index contributed by atoms with van der Waals surface area (Å²) in [6.07, 6.45) is 0.902. The normalized spacial score (nSPS) is 15.3. The average molecular weight is 384 g/mol. The highest BCUT2D eigenvalue weighted by Crippen LogP contribution is 2.27. The van der Waals surface area contributed by atoms with Crippen molar-refractivity contribution in [3.8, 4) is 0 Å². The second-order valence-electron chi connectivity index (χ2n) is 6.19. The molecule has 0 fully saturated rings. The van der Waals surface area contributed by atoms with Gasteiger partial charge < -0.3 is 5.32 Å². The van der Waals surface area contributed by atoms with Crippen molar-refractivity contribution in [2.45, 2.75) is 27.2 Å². The average Bonchev–Trinajstić information content (AvgIpc) is 2.64. The van der Waals surface area contributed by atoms with Gasteiger partial charge in [-0.3, -0.25) is 10.2 Å². The van der Waals surface area contributed by atoms with Gasteiger partial charge in [-0.1, -0.05) is 36.9 Å². The molecule has 2 N–H and O–H groups in total. The summed E-state index contributed by atoms with van der Waals surface area (Å²) in [5.41, 5.74) is 7.62. The van der Waals surface area contributed by atoms with Crippen molar-refractivity contribution in [3.05, 3.63) is 58.9 Å². The molecule has 5 nitrogen and oxygen atoms in total. The van der Waals surface area contributed by atoms with Gasteiger partial charge in [-0.15, -0.1) is 0 Å². The van der Waals surface area contributed by atoms with E-state index in [1.54, 1.807) is 12.1 Å². The first-order valence-corrected chi connectivity index (χ1v) is 9.66. The molecule has 1 amide bonds. The van der Waals surface area contributed by atoms with Crippen molar-refractivity contribution in [1.29, 1.82) is 0 Å². The van der Waals surface area contributed by atoms with Crippen LogP contribution in [0.2, 0.25) is 0 Å². The monoisotopic (exact) mass is 384 g/mol. The van der Waals surface area contributed by atoms with E-state index in [0.29, 0.717) is 27.9 Å². The third-order valence-electron chi connectivity index (χ3n) is 4.15. The minimum absolute atomic E-state index is 0.238. The third-order valence-corrected chi connectivity index (χ3v) is 5.02. The Morgan fingerprint density at radius 3 is 2.81 bits per heavy atom. The fourth-order valence-corrected chi connectivity index (χ4v) is 3.57. The molecule has 2 aromatic rings. The smallest absolute Gasteiger partial charge is 0.221 e. The number of aliphatic imine (C=N–C) groups is 1. The van der Waals surface area contributed by atoms with Gasteiger partial charge in [-0.05, 0) is 42.7 Å². The number of benzene rings is 2. The summed E-state index contributed by atoms with van der Waals surface area (Å²) in [7, 11) is 0. The first-order valence-electron chi connectivity index (χ1n) is 8.68. The van der Waals surface area contributed by atoms with E-state index in [4.69, 9.17) is 4.99 Å². The number of hydrazone groups is 1. The number of anilines is 1. The maximum Gasteiger partial charge on any atom is 0.221 e. The van der Waals surface area contributed by atoms with Crippen LogP contribution in [0.1, 0.15) is 30.5 Å². The van der Waals surface area contributed by atoms with Crippen LogP contribution in [0.5, 0.6) is 0 Å². The maximum absolute atomic E-state index is 14.4. The number of amidine groups is 1. The molecule has 0 radical (unpaired) electrons. The minimum Gasteiger partial charge on any atom is -0.326 e. The molecule has 0 spiro atoms. The Kier molecular flexibility index (Phi) is 5.91. The van der Waals surface area contributed by atoms with Crippen molar-refractivity contribution < 1.29 is 9.18 Å². The Hall–Kier alpha value is -2.67. The van der Waals surface area contributed by atoms with E-state index in [9.17, 15) is 9.18 Å². The van der Waals surface area contributed by atoms with Crippen molar-refractivity contribution in [2.75, 3.05) is 11.1 Å². The maximum atomic E-state index is 14.4. The number of rotatable bonds is 4. The van der Waals surface area contributed by atoms with Crippen LogP contribution in [-0.4, -0.2) is 22.5 Å².